The zero-order valence-electron chi connectivity index (χ0n) is 14.8. The summed E-state index contributed by atoms with van der Waals surface area (Å²) in [6, 6.07) is 8.43. The van der Waals surface area contributed by atoms with Crippen LogP contribution in [-0.4, -0.2) is 36.3 Å². The molecule has 1 aromatic heterocycles. The van der Waals surface area contributed by atoms with E-state index >= 15 is 0 Å². The SMILES string of the molecule is CCN(CC)C(=O)CN1C(=O)/C(=C\c2ccco2)Oc2ccc(N)cc21. The van der Waals surface area contributed by atoms with Gasteiger partial charge < -0.3 is 19.8 Å². The molecule has 0 bridgehead atoms. The molecule has 0 fully saturated rings. The first kappa shape index (κ1) is 17.6. The Kier molecular flexibility index (Phi) is 4.97. The molecule has 0 unspecified atom stereocenters. The van der Waals surface area contributed by atoms with E-state index in [0.29, 0.717) is 36.0 Å². The van der Waals surface area contributed by atoms with Crippen molar-refractivity contribution in [2.75, 3.05) is 30.3 Å². The Morgan fingerprint density at radius 2 is 2.04 bits per heavy atom. The van der Waals surface area contributed by atoms with Gasteiger partial charge in [-0.05, 0) is 44.2 Å². The number of hydrogen-bond donors (Lipinski definition) is 1. The van der Waals surface area contributed by atoms with Gasteiger partial charge in [-0.2, -0.15) is 0 Å². The molecule has 0 saturated carbocycles. The Labute approximate surface area is 151 Å². The summed E-state index contributed by atoms with van der Waals surface area (Å²) >= 11 is 0. The van der Waals surface area contributed by atoms with Crippen molar-refractivity contribution in [1.29, 1.82) is 0 Å². The van der Waals surface area contributed by atoms with Gasteiger partial charge in [0.15, 0.2) is 11.5 Å². The topological polar surface area (TPSA) is 89.0 Å². The lowest BCUT2D eigenvalue weighted by Crippen LogP contribution is -2.45. The minimum absolute atomic E-state index is 0.0875. The van der Waals surface area contributed by atoms with Crippen LogP contribution in [0.4, 0.5) is 11.4 Å². The number of hydrogen-bond acceptors (Lipinski definition) is 5. The molecule has 2 amide bonds. The number of furan rings is 1. The van der Waals surface area contributed by atoms with Crippen molar-refractivity contribution >= 4 is 29.3 Å². The molecule has 0 atom stereocenters. The lowest BCUT2D eigenvalue weighted by Gasteiger charge is -2.31. The summed E-state index contributed by atoms with van der Waals surface area (Å²) in [5, 5.41) is 0. The van der Waals surface area contributed by atoms with Crippen molar-refractivity contribution in [3.05, 3.63) is 48.1 Å². The van der Waals surface area contributed by atoms with Crippen LogP contribution in [0, 0.1) is 0 Å². The first-order valence-electron chi connectivity index (χ1n) is 8.45. The average Bonchev–Trinajstić information content (AvgIpc) is 3.13. The summed E-state index contributed by atoms with van der Waals surface area (Å²) in [5.74, 6) is 0.478. The lowest BCUT2D eigenvalue weighted by molar-refractivity contribution is -0.131. The first-order chi connectivity index (χ1) is 12.5. The summed E-state index contributed by atoms with van der Waals surface area (Å²) in [4.78, 5) is 28.6. The number of nitrogens with two attached hydrogens (primary N) is 1. The molecule has 7 nitrogen and oxygen atoms in total. The van der Waals surface area contributed by atoms with Gasteiger partial charge in [-0.3, -0.25) is 14.5 Å². The molecule has 0 spiro atoms. The fraction of sp³-hybridized carbons (Fsp3) is 0.263. The fourth-order valence-corrected chi connectivity index (χ4v) is 2.80. The molecule has 2 aromatic rings. The Hall–Kier alpha value is -3.22. The second-order valence-corrected chi connectivity index (χ2v) is 5.81. The summed E-state index contributed by atoms with van der Waals surface area (Å²) in [6.45, 7) is 4.86. The smallest absolute Gasteiger partial charge is 0.294 e. The summed E-state index contributed by atoms with van der Waals surface area (Å²) in [5.41, 5.74) is 6.82. The van der Waals surface area contributed by atoms with Crippen LogP contribution in [0.3, 0.4) is 0 Å². The van der Waals surface area contributed by atoms with Gasteiger partial charge in [-0.25, -0.2) is 0 Å². The standard InChI is InChI=1S/C19H21N3O4/c1-3-21(4-2)18(23)12-22-15-10-13(20)7-8-16(15)26-17(19(22)24)11-14-6-5-9-25-14/h5-11H,3-4,12,20H2,1-2H3/b17-11+. The van der Waals surface area contributed by atoms with E-state index in [9.17, 15) is 9.59 Å². The predicted molar refractivity (Wildman–Crippen MR) is 98.4 cm³/mol. The Balaban J connectivity index is 1.98. The highest BCUT2D eigenvalue weighted by molar-refractivity contribution is 6.12. The third-order valence-electron chi connectivity index (χ3n) is 4.18. The average molecular weight is 355 g/mol. The van der Waals surface area contributed by atoms with Crippen LogP contribution in [0.25, 0.3) is 6.08 Å². The van der Waals surface area contributed by atoms with E-state index in [1.165, 1.54) is 17.2 Å². The molecular weight excluding hydrogens is 334 g/mol. The van der Waals surface area contributed by atoms with E-state index in [1.807, 2.05) is 13.8 Å². The molecule has 0 radical (unpaired) electrons. The maximum atomic E-state index is 12.9. The third kappa shape index (κ3) is 3.42. The van der Waals surface area contributed by atoms with Crippen LogP contribution >= 0.6 is 0 Å². The Morgan fingerprint density at radius 1 is 1.27 bits per heavy atom. The minimum atomic E-state index is -0.417. The number of carbonyl (C=O) groups is 2. The van der Waals surface area contributed by atoms with Crippen LogP contribution in [0.2, 0.25) is 0 Å². The normalized spacial score (nSPS) is 14.9. The van der Waals surface area contributed by atoms with Crippen LogP contribution in [0.15, 0.2) is 46.8 Å². The van der Waals surface area contributed by atoms with Crippen molar-refractivity contribution in [1.82, 2.24) is 4.90 Å². The van der Waals surface area contributed by atoms with E-state index in [2.05, 4.69) is 0 Å². The maximum absolute atomic E-state index is 12.9. The first-order valence-corrected chi connectivity index (χ1v) is 8.45. The monoisotopic (exact) mass is 355 g/mol. The number of ether oxygens (including phenoxy) is 1. The van der Waals surface area contributed by atoms with Gasteiger partial charge in [0.1, 0.15) is 12.3 Å². The number of rotatable bonds is 5. The largest absolute Gasteiger partial charge is 0.465 e. The van der Waals surface area contributed by atoms with E-state index in [-0.39, 0.29) is 18.2 Å². The van der Waals surface area contributed by atoms with Crippen molar-refractivity contribution in [2.24, 2.45) is 0 Å². The predicted octanol–water partition coefficient (Wildman–Crippen LogP) is 2.50. The third-order valence-corrected chi connectivity index (χ3v) is 4.18. The second kappa shape index (κ2) is 7.35. The number of carbonyl (C=O) groups excluding carboxylic acids is 2. The van der Waals surface area contributed by atoms with Gasteiger partial charge in [0, 0.05) is 24.9 Å². The van der Waals surface area contributed by atoms with E-state index in [1.54, 1.807) is 35.2 Å². The number of anilines is 2. The van der Waals surface area contributed by atoms with Crippen LogP contribution in [0.5, 0.6) is 5.75 Å². The maximum Gasteiger partial charge on any atom is 0.294 e. The summed E-state index contributed by atoms with van der Waals surface area (Å²) in [7, 11) is 0. The van der Waals surface area contributed by atoms with Gasteiger partial charge in [0.05, 0.1) is 12.0 Å². The number of benzene rings is 1. The van der Waals surface area contributed by atoms with Gasteiger partial charge in [0.25, 0.3) is 5.91 Å². The molecule has 1 aliphatic heterocycles. The summed E-state index contributed by atoms with van der Waals surface area (Å²) < 4.78 is 11.0. The number of amides is 2. The zero-order chi connectivity index (χ0) is 18.7. The molecule has 1 aromatic carbocycles. The fourth-order valence-electron chi connectivity index (χ4n) is 2.80. The lowest BCUT2D eigenvalue weighted by atomic mass is 10.1. The molecule has 7 heteroatoms. The van der Waals surface area contributed by atoms with Gasteiger partial charge >= 0.3 is 0 Å². The number of likely N-dealkylation sites (N-methyl/N-ethyl adjacent to an activating group) is 1. The number of nitrogens with zero attached hydrogens (tertiary/aromatic N) is 2. The zero-order valence-corrected chi connectivity index (χ0v) is 14.8. The van der Waals surface area contributed by atoms with Crippen molar-refractivity contribution < 1.29 is 18.7 Å². The second-order valence-electron chi connectivity index (χ2n) is 5.81. The molecule has 2 N–H and O–H groups in total. The molecule has 0 saturated heterocycles. The van der Waals surface area contributed by atoms with Crippen LogP contribution in [-0.2, 0) is 9.59 Å². The van der Waals surface area contributed by atoms with Crippen LogP contribution in [0.1, 0.15) is 19.6 Å². The van der Waals surface area contributed by atoms with E-state index in [4.69, 9.17) is 14.9 Å². The van der Waals surface area contributed by atoms with Crippen molar-refractivity contribution in [2.45, 2.75) is 13.8 Å². The minimum Gasteiger partial charge on any atom is -0.465 e. The van der Waals surface area contributed by atoms with Gasteiger partial charge in [-0.15, -0.1) is 0 Å². The van der Waals surface area contributed by atoms with E-state index in [0.717, 1.165) is 0 Å². The Bertz CT molecular complexity index is 838. The Morgan fingerprint density at radius 3 is 2.69 bits per heavy atom. The van der Waals surface area contributed by atoms with Gasteiger partial charge in [-0.1, -0.05) is 0 Å². The van der Waals surface area contributed by atoms with Crippen molar-refractivity contribution in [3.63, 3.8) is 0 Å². The van der Waals surface area contributed by atoms with Crippen molar-refractivity contribution in [3.8, 4) is 5.75 Å². The molecule has 0 aliphatic carbocycles. The summed E-state index contributed by atoms with van der Waals surface area (Å²) in [6.07, 6.45) is 3.02. The molecule has 1 aliphatic rings. The number of fused-ring (bicyclic) bond motifs is 1. The quantitative estimate of drug-likeness (QED) is 0.657. The van der Waals surface area contributed by atoms with E-state index < -0.39 is 5.91 Å². The molecular formula is C19H21N3O4. The highest BCUT2D eigenvalue weighted by atomic mass is 16.5. The highest BCUT2D eigenvalue weighted by Gasteiger charge is 2.33. The molecule has 2 heterocycles. The molecule has 136 valence electrons. The highest BCUT2D eigenvalue weighted by Crippen LogP contribution is 2.37. The van der Waals surface area contributed by atoms with Gasteiger partial charge in [0.2, 0.25) is 5.91 Å². The van der Waals surface area contributed by atoms with Crippen LogP contribution < -0.4 is 15.4 Å². The number of nitrogen functional groups attached to an aromatic ring is 1. The molecule has 3 rings (SSSR count). The molecule has 26 heavy (non-hydrogen) atoms.